The molecular weight excluding hydrogens is 290 g/mol. The van der Waals surface area contributed by atoms with E-state index in [4.69, 9.17) is 25.3 Å². The highest BCUT2D eigenvalue weighted by molar-refractivity contribution is 7.81. The van der Waals surface area contributed by atoms with Crippen molar-refractivity contribution in [2.45, 2.75) is 16.7 Å². The SMILES string of the molecule is NC(C1CNCC(S)C1)(P(=O)(O)O)P(=O)(O)O. The van der Waals surface area contributed by atoms with Crippen molar-refractivity contribution >= 4 is 27.8 Å². The van der Waals surface area contributed by atoms with Crippen LogP contribution in [0, 0.1) is 5.92 Å². The third kappa shape index (κ3) is 2.94. The second-order valence-electron chi connectivity index (χ2n) is 4.12. The fraction of sp³-hybridized carbons (Fsp3) is 1.00. The molecule has 102 valence electrons. The molecule has 1 rings (SSSR count). The first-order valence-corrected chi connectivity index (χ1v) is 8.53. The Labute approximate surface area is 104 Å². The Morgan fingerprint density at radius 1 is 1.18 bits per heavy atom. The molecule has 0 aromatic heterocycles. The van der Waals surface area contributed by atoms with E-state index in [0.29, 0.717) is 6.54 Å². The summed E-state index contributed by atoms with van der Waals surface area (Å²) in [7, 11) is -10.3. The van der Waals surface area contributed by atoms with Crippen LogP contribution in [-0.4, -0.2) is 42.9 Å². The second kappa shape index (κ2) is 4.92. The highest BCUT2D eigenvalue weighted by Gasteiger charge is 2.62. The number of hydrogen-bond donors (Lipinski definition) is 7. The van der Waals surface area contributed by atoms with Crippen molar-refractivity contribution in [2.24, 2.45) is 11.7 Å². The highest BCUT2D eigenvalue weighted by atomic mass is 32.1. The average Bonchev–Trinajstić information content (AvgIpc) is 2.12. The Kier molecular flexibility index (Phi) is 4.52. The molecule has 17 heavy (non-hydrogen) atoms. The monoisotopic (exact) mass is 306 g/mol. The fourth-order valence-corrected chi connectivity index (χ4v) is 4.97. The van der Waals surface area contributed by atoms with Crippen molar-refractivity contribution in [1.82, 2.24) is 5.32 Å². The number of thiol groups is 1. The average molecular weight is 306 g/mol. The first-order chi connectivity index (χ1) is 7.50. The summed E-state index contributed by atoms with van der Waals surface area (Å²) >= 11 is 4.12. The molecule has 1 aliphatic rings. The van der Waals surface area contributed by atoms with Gasteiger partial charge >= 0.3 is 15.2 Å². The van der Waals surface area contributed by atoms with Crippen molar-refractivity contribution in [3.8, 4) is 0 Å². The van der Waals surface area contributed by atoms with Crippen LogP contribution < -0.4 is 11.1 Å². The minimum atomic E-state index is -5.16. The largest absolute Gasteiger partial charge is 0.357 e. The van der Waals surface area contributed by atoms with Gasteiger partial charge in [0.1, 0.15) is 0 Å². The van der Waals surface area contributed by atoms with Gasteiger partial charge in [0, 0.05) is 24.3 Å². The lowest BCUT2D eigenvalue weighted by molar-refractivity contribution is 0.246. The van der Waals surface area contributed by atoms with Gasteiger partial charge in [0.25, 0.3) is 0 Å². The Balaban J connectivity index is 3.16. The third-order valence-corrected chi connectivity index (χ3v) is 7.41. The van der Waals surface area contributed by atoms with Gasteiger partial charge in [-0.1, -0.05) is 0 Å². The summed E-state index contributed by atoms with van der Waals surface area (Å²) in [6, 6.07) is 0. The summed E-state index contributed by atoms with van der Waals surface area (Å²) in [5.41, 5.74) is 5.39. The van der Waals surface area contributed by atoms with Crippen molar-refractivity contribution in [1.29, 1.82) is 0 Å². The molecule has 2 atom stereocenters. The van der Waals surface area contributed by atoms with Crippen LogP contribution >= 0.6 is 27.8 Å². The lowest BCUT2D eigenvalue weighted by Gasteiger charge is -2.40. The van der Waals surface area contributed by atoms with E-state index < -0.39 is 26.1 Å². The molecule has 0 saturated carbocycles. The Hall–Kier alpha value is 0.570. The summed E-state index contributed by atoms with van der Waals surface area (Å²) < 4.78 is 22.7. The fourth-order valence-electron chi connectivity index (χ4n) is 1.89. The Bertz CT molecular complexity index is 359. The van der Waals surface area contributed by atoms with Crippen LogP contribution in [0.1, 0.15) is 6.42 Å². The van der Waals surface area contributed by atoms with Crippen LogP contribution in [0.3, 0.4) is 0 Å². The van der Waals surface area contributed by atoms with Gasteiger partial charge in [-0.05, 0) is 6.42 Å². The summed E-state index contributed by atoms with van der Waals surface area (Å²) in [4.78, 5) is 36.6. The topological polar surface area (TPSA) is 153 Å². The van der Waals surface area contributed by atoms with Gasteiger partial charge < -0.3 is 30.6 Å². The van der Waals surface area contributed by atoms with Crippen LogP contribution in [-0.2, 0) is 9.13 Å². The minimum absolute atomic E-state index is 0.0315. The highest BCUT2D eigenvalue weighted by Crippen LogP contribution is 2.69. The summed E-state index contributed by atoms with van der Waals surface area (Å²) in [6.07, 6.45) is 0.128. The van der Waals surface area contributed by atoms with E-state index in [2.05, 4.69) is 17.9 Å². The quantitative estimate of drug-likeness (QED) is 0.255. The van der Waals surface area contributed by atoms with Crippen LogP contribution in [0.5, 0.6) is 0 Å². The summed E-state index contributed by atoms with van der Waals surface area (Å²) in [5, 5.41) is -0.316. The molecule has 0 spiro atoms. The number of nitrogens with one attached hydrogen (secondary N) is 1. The van der Waals surface area contributed by atoms with E-state index in [1.54, 1.807) is 0 Å². The zero-order valence-corrected chi connectivity index (χ0v) is 11.5. The standard InChI is InChI=1S/C6H16N2O6P2S/c7-6(15(9,10)11,16(12,13)14)4-1-5(17)3-8-2-4/h4-5,8,17H,1-3,7H2,(H2,9,10,11)(H2,12,13,14). The number of nitrogens with two attached hydrogens (primary N) is 1. The number of hydrogen-bond acceptors (Lipinski definition) is 5. The van der Waals surface area contributed by atoms with Gasteiger partial charge in [-0.2, -0.15) is 12.6 Å². The van der Waals surface area contributed by atoms with E-state index in [0.717, 1.165) is 0 Å². The molecule has 0 aromatic rings. The molecule has 1 saturated heterocycles. The van der Waals surface area contributed by atoms with Crippen molar-refractivity contribution in [3.05, 3.63) is 0 Å². The molecule has 1 heterocycles. The molecule has 0 radical (unpaired) electrons. The van der Waals surface area contributed by atoms with Gasteiger partial charge in [0.2, 0.25) is 5.02 Å². The normalized spacial score (nSPS) is 28.1. The predicted molar refractivity (Wildman–Crippen MR) is 64.8 cm³/mol. The Morgan fingerprint density at radius 3 is 2.00 bits per heavy atom. The van der Waals surface area contributed by atoms with Crippen LogP contribution in [0.25, 0.3) is 0 Å². The molecule has 0 bridgehead atoms. The number of rotatable bonds is 3. The van der Waals surface area contributed by atoms with E-state index in [9.17, 15) is 9.13 Å². The van der Waals surface area contributed by atoms with Gasteiger partial charge in [-0.15, -0.1) is 0 Å². The molecule has 0 aromatic carbocycles. The Morgan fingerprint density at radius 2 is 1.65 bits per heavy atom. The first-order valence-electron chi connectivity index (χ1n) is 4.79. The maximum Gasteiger partial charge on any atom is 0.357 e. The maximum atomic E-state index is 11.3. The van der Waals surface area contributed by atoms with E-state index in [1.165, 1.54) is 0 Å². The predicted octanol–water partition coefficient (Wildman–Crippen LogP) is -1.14. The molecular formula is C6H16N2O6P2S. The van der Waals surface area contributed by atoms with E-state index >= 15 is 0 Å². The molecule has 7 N–H and O–H groups in total. The molecule has 1 fully saturated rings. The van der Waals surface area contributed by atoms with Crippen LogP contribution in [0.15, 0.2) is 0 Å². The molecule has 0 amide bonds. The minimum Gasteiger partial charge on any atom is -0.323 e. The molecule has 2 unspecified atom stereocenters. The molecule has 8 nitrogen and oxygen atoms in total. The van der Waals surface area contributed by atoms with Crippen molar-refractivity contribution in [3.63, 3.8) is 0 Å². The number of piperidine rings is 1. The van der Waals surface area contributed by atoms with Gasteiger partial charge in [0.15, 0.2) is 0 Å². The van der Waals surface area contributed by atoms with Gasteiger partial charge in [0.05, 0.1) is 0 Å². The zero-order chi connectivity index (χ0) is 13.5. The van der Waals surface area contributed by atoms with Crippen LogP contribution in [0.2, 0.25) is 0 Å². The zero-order valence-electron chi connectivity index (χ0n) is 8.80. The van der Waals surface area contributed by atoms with Gasteiger partial charge in [-0.25, -0.2) is 0 Å². The molecule has 0 aliphatic carbocycles. The summed E-state index contributed by atoms with van der Waals surface area (Å²) in [5.74, 6) is -1.04. The smallest absolute Gasteiger partial charge is 0.323 e. The third-order valence-electron chi connectivity index (χ3n) is 2.86. The second-order valence-corrected chi connectivity index (χ2v) is 8.86. The van der Waals surface area contributed by atoms with E-state index in [1.807, 2.05) is 0 Å². The maximum absolute atomic E-state index is 11.3. The molecule has 11 heteroatoms. The van der Waals surface area contributed by atoms with Crippen LogP contribution in [0.4, 0.5) is 0 Å². The molecule has 1 aliphatic heterocycles. The van der Waals surface area contributed by atoms with Crippen molar-refractivity contribution < 1.29 is 28.7 Å². The summed E-state index contributed by atoms with van der Waals surface area (Å²) in [6.45, 7) is 0.530. The lowest BCUT2D eigenvalue weighted by atomic mass is 9.99. The lowest BCUT2D eigenvalue weighted by Crippen LogP contribution is -2.54. The van der Waals surface area contributed by atoms with E-state index in [-0.39, 0.29) is 18.2 Å². The van der Waals surface area contributed by atoms with Gasteiger partial charge in [-0.3, -0.25) is 9.13 Å². The van der Waals surface area contributed by atoms with Crippen molar-refractivity contribution in [2.75, 3.05) is 13.1 Å². The first kappa shape index (κ1) is 15.6.